The molecule has 4 aliphatic carbocycles. The smallest absolute Gasteiger partial charge is 0.244 e. The Bertz CT molecular complexity index is 756. The van der Waals surface area contributed by atoms with Gasteiger partial charge in [0, 0.05) is 0 Å². The summed E-state index contributed by atoms with van der Waals surface area (Å²) in [4.78, 5) is 11.6. The standard InChI is InChI=1S/C28H43NO3.CH4/c1-4-18-29-23(30)12-7-5-6-10-19-13-14-20-24-21(15-17-27(19,20)2)28(3)16-9-8-11-22(28)25(31)26(24)32;/h1,7,12,19-22,24-26,31-32H,5-6,8-11,13-18H2,2-3H3,(H,29,30);1H4/b12-7+;. The highest BCUT2D eigenvalue weighted by atomic mass is 16.3. The van der Waals surface area contributed by atoms with E-state index in [0.717, 1.165) is 19.3 Å². The van der Waals surface area contributed by atoms with Gasteiger partial charge in [-0.05, 0) is 104 Å². The van der Waals surface area contributed by atoms with Crippen LogP contribution in [0.1, 0.15) is 91.9 Å². The van der Waals surface area contributed by atoms with Crippen LogP contribution in [0.5, 0.6) is 0 Å². The van der Waals surface area contributed by atoms with Crippen LogP contribution in [0.3, 0.4) is 0 Å². The highest BCUT2D eigenvalue weighted by Gasteiger charge is 2.64. The molecule has 4 heteroatoms. The molecule has 4 aliphatic rings. The molecule has 0 heterocycles. The fourth-order valence-corrected chi connectivity index (χ4v) is 8.77. The van der Waals surface area contributed by atoms with E-state index in [-0.39, 0.29) is 42.5 Å². The van der Waals surface area contributed by atoms with Gasteiger partial charge in [-0.1, -0.05) is 46.1 Å². The SMILES string of the molecule is C.C#CCNC(=O)/C=C/CCCC1CCC2C3C(O)C(O)C4CCCCC4(C)C3CCC12C. The van der Waals surface area contributed by atoms with Crippen LogP contribution in [0.15, 0.2) is 12.2 Å². The Balaban J connectivity index is 0.00000306. The molecule has 3 N–H and O–H groups in total. The number of rotatable bonds is 6. The van der Waals surface area contributed by atoms with Gasteiger partial charge >= 0.3 is 0 Å². The maximum absolute atomic E-state index is 11.6. The van der Waals surface area contributed by atoms with E-state index < -0.39 is 12.2 Å². The minimum Gasteiger partial charge on any atom is -0.390 e. The van der Waals surface area contributed by atoms with Gasteiger partial charge in [0.25, 0.3) is 0 Å². The quantitative estimate of drug-likeness (QED) is 0.296. The van der Waals surface area contributed by atoms with E-state index in [1.807, 2.05) is 6.08 Å². The summed E-state index contributed by atoms with van der Waals surface area (Å²) >= 11 is 0. The minimum absolute atomic E-state index is 0. The normalized spacial score (nSPS) is 44.2. The van der Waals surface area contributed by atoms with Crippen LogP contribution in [0.25, 0.3) is 0 Å². The molecule has 0 aromatic rings. The Labute approximate surface area is 202 Å². The molecule has 4 rings (SSSR count). The molecule has 186 valence electrons. The minimum atomic E-state index is -0.552. The number of hydrogen-bond donors (Lipinski definition) is 3. The van der Waals surface area contributed by atoms with E-state index in [2.05, 4.69) is 25.1 Å². The summed E-state index contributed by atoms with van der Waals surface area (Å²) in [6.45, 7) is 5.18. The second kappa shape index (κ2) is 10.5. The van der Waals surface area contributed by atoms with Crippen molar-refractivity contribution in [1.82, 2.24) is 5.32 Å². The molecular weight excluding hydrogens is 410 g/mol. The summed E-state index contributed by atoms with van der Waals surface area (Å²) in [6, 6.07) is 0. The molecule has 0 aromatic carbocycles. The van der Waals surface area contributed by atoms with Crippen molar-refractivity contribution >= 4 is 5.91 Å². The van der Waals surface area contributed by atoms with E-state index in [1.165, 1.54) is 51.4 Å². The molecule has 33 heavy (non-hydrogen) atoms. The molecule has 1 amide bonds. The van der Waals surface area contributed by atoms with Crippen molar-refractivity contribution in [1.29, 1.82) is 0 Å². The first kappa shape index (κ1) is 26.3. The van der Waals surface area contributed by atoms with Crippen LogP contribution in [0.2, 0.25) is 0 Å². The summed E-state index contributed by atoms with van der Waals surface area (Å²) in [5.74, 6) is 4.60. The lowest BCUT2D eigenvalue weighted by atomic mass is 9.43. The summed E-state index contributed by atoms with van der Waals surface area (Å²) in [7, 11) is 0. The average molecular weight is 458 g/mol. The second-order valence-corrected chi connectivity index (χ2v) is 11.7. The number of terminal acetylenes is 1. The third kappa shape index (κ3) is 4.65. The molecule has 0 saturated heterocycles. The van der Waals surface area contributed by atoms with Crippen molar-refractivity contribution in [2.24, 2.45) is 40.4 Å². The molecule has 4 nitrogen and oxygen atoms in total. The molecule has 9 unspecified atom stereocenters. The van der Waals surface area contributed by atoms with E-state index in [4.69, 9.17) is 6.42 Å². The molecule has 0 radical (unpaired) electrons. The van der Waals surface area contributed by atoms with Crippen LogP contribution in [-0.2, 0) is 4.79 Å². The third-order valence-corrected chi connectivity index (χ3v) is 10.4. The molecule has 4 saturated carbocycles. The lowest BCUT2D eigenvalue weighted by Gasteiger charge is -2.63. The van der Waals surface area contributed by atoms with E-state index in [9.17, 15) is 15.0 Å². The highest BCUT2D eigenvalue weighted by Crippen LogP contribution is 2.67. The summed E-state index contributed by atoms with van der Waals surface area (Å²) in [5.41, 5.74) is 0.472. The van der Waals surface area contributed by atoms with Gasteiger partial charge in [0.15, 0.2) is 0 Å². The largest absolute Gasteiger partial charge is 0.390 e. The van der Waals surface area contributed by atoms with E-state index >= 15 is 0 Å². The van der Waals surface area contributed by atoms with Crippen LogP contribution < -0.4 is 5.32 Å². The van der Waals surface area contributed by atoms with Gasteiger partial charge in [0.1, 0.15) is 0 Å². The topological polar surface area (TPSA) is 69.6 Å². The van der Waals surface area contributed by atoms with Gasteiger partial charge < -0.3 is 15.5 Å². The van der Waals surface area contributed by atoms with Crippen molar-refractivity contribution in [2.45, 2.75) is 104 Å². The molecular formula is C29H47NO3. The van der Waals surface area contributed by atoms with Crippen molar-refractivity contribution in [2.75, 3.05) is 6.54 Å². The molecule has 0 aliphatic heterocycles. The van der Waals surface area contributed by atoms with Crippen LogP contribution >= 0.6 is 0 Å². The summed E-state index contributed by atoms with van der Waals surface area (Å²) in [6.07, 6.45) is 20.5. The zero-order valence-electron chi connectivity index (χ0n) is 20.1. The predicted octanol–water partition coefficient (Wildman–Crippen LogP) is 5.09. The van der Waals surface area contributed by atoms with Crippen LogP contribution in [0, 0.1) is 52.8 Å². The number of aliphatic hydroxyl groups excluding tert-OH is 2. The van der Waals surface area contributed by atoms with Crippen molar-refractivity contribution in [3.8, 4) is 12.3 Å². The van der Waals surface area contributed by atoms with E-state index in [0.29, 0.717) is 17.8 Å². The number of fused-ring (bicyclic) bond motifs is 5. The lowest BCUT2D eigenvalue weighted by molar-refractivity contribution is -0.214. The molecule has 0 bridgehead atoms. The third-order valence-electron chi connectivity index (χ3n) is 10.4. The van der Waals surface area contributed by atoms with E-state index in [1.54, 1.807) is 6.08 Å². The Morgan fingerprint density at radius 3 is 2.55 bits per heavy atom. The first-order chi connectivity index (χ1) is 15.3. The summed E-state index contributed by atoms with van der Waals surface area (Å²) < 4.78 is 0. The first-order valence-corrected chi connectivity index (χ1v) is 13.1. The fraction of sp³-hybridized carbons (Fsp3) is 0.828. The van der Waals surface area contributed by atoms with Crippen molar-refractivity contribution < 1.29 is 15.0 Å². The van der Waals surface area contributed by atoms with Gasteiger partial charge in [-0.25, -0.2) is 0 Å². The van der Waals surface area contributed by atoms with Gasteiger partial charge in [-0.2, -0.15) is 0 Å². The first-order valence-electron chi connectivity index (χ1n) is 13.1. The fourth-order valence-electron chi connectivity index (χ4n) is 8.77. The van der Waals surface area contributed by atoms with Crippen LogP contribution in [0.4, 0.5) is 0 Å². The number of allylic oxidation sites excluding steroid dienone is 1. The number of nitrogens with one attached hydrogen (secondary N) is 1. The number of unbranched alkanes of at least 4 members (excludes halogenated alkanes) is 1. The lowest BCUT2D eigenvalue weighted by Crippen LogP contribution is -2.63. The zero-order chi connectivity index (χ0) is 22.9. The van der Waals surface area contributed by atoms with Crippen molar-refractivity contribution in [3.63, 3.8) is 0 Å². The second-order valence-electron chi connectivity index (χ2n) is 11.7. The number of aliphatic hydroxyl groups is 2. The maximum Gasteiger partial charge on any atom is 0.244 e. The Morgan fingerprint density at radius 1 is 1.03 bits per heavy atom. The zero-order valence-corrected chi connectivity index (χ0v) is 20.1. The van der Waals surface area contributed by atoms with Gasteiger partial charge in [0.2, 0.25) is 5.91 Å². The van der Waals surface area contributed by atoms with Crippen molar-refractivity contribution in [3.05, 3.63) is 12.2 Å². The van der Waals surface area contributed by atoms with Gasteiger partial charge in [-0.15, -0.1) is 6.42 Å². The predicted molar refractivity (Wildman–Crippen MR) is 134 cm³/mol. The molecule has 9 atom stereocenters. The number of carbonyl (C=O) groups excluding carboxylic acids is 1. The number of amides is 1. The Hall–Kier alpha value is -1.31. The van der Waals surface area contributed by atoms with Crippen LogP contribution in [-0.4, -0.2) is 34.9 Å². The molecule has 0 spiro atoms. The number of hydrogen-bond acceptors (Lipinski definition) is 3. The highest BCUT2D eigenvalue weighted by molar-refractivity contribution is 5.87. The molecule has 4 fully saturated rings. The maximum atomic E-state index is 11.6. The Kier molecular flexibility index (Phi) is 8.39. The number of carbonyl (C=O) groups is 1. The Morgan fingerprint density at radius 2 is 1.79 bits per heavy atom. The molecule has 0 aromatic heterocycles. The monoisotopic (exact) mass is 457 g/mol. The summed E-state index contributed by atoms with van der Waals surface area (Å²) in [5, 5.41) is 25.1. The van der Waals surface area contributed by atoms with Gasteiger partial charge in [-0.3, -0.25) is 4.79 Å². The van der Waals surface area contributed by atoms with Gasteiger partial charge in [0.05, 0.1) is 18.8 Å². The average Bonchev–Trinajstić information content (AvgIpc) is 3.11.